The third kappa shape index (κ3) is 1.60. The number of benzene rings is 1. The van der Waals surface area contributed by atoms with Crippen molar-refractivity contribution in [2.45, 2.75) is 32.3 Å². The molecule has 0 aromatic heterocycles. The van der Waals surface area contributed by atoms with E-state index in [9.17, 15) is 0 Å². The summed E-state index contributed by atoms with van der Waals surface area (Å²) in [6.45, 7) is 2.06. The molecule has 0 amide bonds. The number of hydrogen-bond acceptors (Lipinski definition) is 1. The van der Waals surface area contributed by atoms with Crippen LogP contribution in [0.4, 0.5) is 0 Å². The van der Waals surface area contributed by atoms with Crippen LogP contribution in [0.1, 0.15) is 24.8 Å². The van der Waals surface area contributed by atoms with Crippen molar-refractivity contribution in [3.05, 3.63) is 29.8 Å². The Morgan fingerprint density at radius 2 is 2.25 bits per heavy atom. The van der Waals surface area contributed by atoms with Crippen LogP contribution in [-0.4, -0.2) is 6.10 Å². The van der Waals surface area contributed by atoms with Gasteiger partial charge in [0.1, 0.15) is 5.75 Å². The number of ether oxygens (including phenoxy) is 1. The molecule has 0 bridgehead atoms. The van der Waals surface area contributed by atoms with Crippen LogP contribution in [0, 0.1) is 13.0 Å². The zero-order valence-corrected chi connectivity index (χ0v) is 7.34. The highest BCUT2D eigenvalue weighted by atomic mass is 16.5. The molecule has 0 aliphatic heterocycles. The second-order valence-corrected chi connectivity index (χ2v) is 3.42. The van der Waals surface area contributed by atoms with Gasteiger partial charge in [-0.2, -0.15) is 0 Å². The molecule has 1 aliphatic carbocycles. The van der Waals surface area contributed by atoms with Crippen molar-refractivity contribution in [1.29, 1.82) is 0 Å². The van der Waals surface area contributed by atoms with E-state index in [-0.39, 0.29) is 0 Å². The molecule has 12 heavy (non-hydrogen) atoms. The highest BCUT2D eigenvalue weighted by Gasteiger charge is 2.18. The van der Waals surface area contributed by atoms with Gasteiger partial charge in [0, 0.05) is 0 Å². The van der Waals surface area contributed by atoms with Gasteiger partial charge in [0.2, 0.25) is 0 Å². The van der Waals surface area contributed by atoms with Crippen LogP contribution in [0.15, 0.2) is 18.2 Å². The molecule has 1 saturated carbocycles. The van der Waals surface area contributed by atoms with Crippen LogP contribution in [-0.2, 0) is 0 Å². The molecule has 1 aromatic rings. The molecule has 0 heterocycles. The van der Waals surface area contributed by atoms with Crippen molar-refractivity contribution in [2.75, 3.05) is 0 Å². The van der Waals surface area contributed by atoms with E-state index in [4.69, 9.17) is 4.74 Å². The molecule has 1 aromatic carbocycles. The normalized spacial score (nSPS) is 17.1. The van der Waals surface area contributed by atoms with Crippen LogP contribution >= 0.6 is 0 Å². The van der Waals surface area contributed by atoms with Gasteiger partial charge in [0.05, 0.1) is 6.10 Å². The summed E-state index contributed by atoms with van der Waals surface area (Å²) in [4.78, 5) is 0. The van der Waals surface area contributed by atoms with Crippen molar-refractivity contribution in [3.63, 3.8) is 0 Å². The molecule has 0 atom stereocenters. The van der Waals surface area contributed by atoms with E-state index in [0.29, 0.717) is 6.10 Å². The zero-order valence-electron chi connectivity index (χ0n) is 7.34. The van der Waals surface area contributed by atoms with Crippen LogP contribution in [0.5, 0.6) is 5.75 Å². The second kappa shape index (κ2) is 3.18. The van der Waals surface area contributed by atoms with E-state index in [1.807, 2.05) is 12.1 Å². The molecule has 0 spiro atoms. The summed E-state index contributed by atoms with van der Waals surface area (Å²) in [5.41, 5.74) is 1.21. The third-order valence-corrected chi connectivity index (χ3v) is 2.26. The Hall–Kier alpha value is -0.980. The molecule has 1 radical (unpaired) electrons. The van der Waals surface area contributed by atoms with Gasteiger partial charge in [-0.25, -0.2) is 0 Å². The number of aryl methyl sites for hydroxylation is 1. The smallest absolute Gasteiger partial charge is 0.120 e. The molecule has 1 heteroatoms. The maximum atomic E-state index is 5.70. The minimum Gasteiger partial charge on any atom is -0.490 e. The third-order valence-electron chi connectivity index (χ3n) is 2.26. The Bertz CT molecular complexity index is 263. The SMILES string of the molecule is Cc1c[c]cc(OC2CCC2)c1. The van der Waals surface area contributed by atoms with Crippen molar-refractivity contribution in [1.82, 2.24) is 0 Å². The van der Waals surface area contributed by atoms with Gasteiger partial charge in [0.25, 0.3) is 0 Å². The summed E-state index contributed by atoms with van der Waals surface area (Å²) in [5, 5.41) is 0. The molecule has 2 rings (SSSR count). The fraction of sp³-hybridized carbons (Fsp3) is 0.455. The van der Waals surface area contributed by atoms with Crippen LogP contribution < -0.4 is 4.74 Å². The zero-order chi connectivity index (χ0) is 8.39. The molecular formula is C11H13O. The van der Waals surface area contributed by atoms with E-state index in [1.54, 1.807) is 0 Å². The summed E-state index contributed by atoms with van der Waals surface area (Å²) in [5.74, 6) is 0.972. The Labute approximate surface area is 73.4 Å². The van der Waals surface area contributed by atoms with Crippen LogP contribution in [0.3, 0.4) is 0 Å². The Morgan fingerprint density at radius 1 is 1.42 bits per heavy atom. The van der Waals surface area contributed by atoms with Crippen molar-refractivity contribution in [3.8, 4) is 5.75 Å². The molecule has 0 saturated heterocycles. The average Bonchev–Trinajstić information content (AvgIpc) is 1.97. The fourth-order valence-corrected chi connectivity index (χ4v) is 1.31. The Balaban J connectivity index is 2.02. The molecule has 0 unspecified atom stereocenters. The van der Waals surface area contributed by atoms with E-state index in [2.05, 4.69) is 19.1 Å². The minimum absolute atomic E-state index is 0.472. The average molecular weight is 161 g/mol. The van der Waals surface area contributed by atoms with Gasteiger partial charge in [-0.05, 0) is 49.9 Å². The Morgan fingerprint density at radius 3 is 2.83 bits per heavy atom. The highest BCUT2D eigenvalue weighted by Crippen LogP contribution is 2.25. The van der Waals surface area contributed by atoms with Gasteiger partial charge in [0.15, 0.2) is 0 Å². The predicted octanol–water partition coefficient (Wildman–Crippen LogP) is 2.73. The van der Waals surface area contributed by atoms with Gasteiger partial charge >= 0.3 is 0 Å². The topological polar surface area (TPSA) is 9.23 Å². The minimum atomic E-state index is 0.472. The summed E-state index contributed by atoms with van der Waals surface area (Å²) >= 11 is 0. The second-order valence-electron chi connectivity index (χ2n) is 3.42. The molecule has 1 nitrogen and oxygen atoms in total. The first kappa shape index (κ1) is 7.66. The van der Waals surface area contributed by atoms with Crippen LogP contribution in [0.2, 0.25) is 0 Å². The quantitative estimate of drug-likeness (QED) is 0.648. The molecular weight excluding hydrogens is 148 g/mol. The molecule has 0 N–H and O–H groups in total. The summed E-state index contributed by atoms with van der Waals surface area (Å²) < 4.78 is 5.70. The van der Waals surface area contributed by atoms with E-state index in [0.717, 1.165) is 5.75 Å². The lowest BCUT2D eigenvalue weighted by atomic mass is 9.96. The van der Waals surface area contributed by atoms with Crippen LogP contribution in [0.25, 0.3) is 0 Å². The maximum absolute atomic E-state index is 5.70. The van der Waals surface area contributed by atoms with E-state index in [1.165, 1.54) is 24.8 Å². The van der Waals surface area contributed by atoms with Crippen molar-refractivity contribution in [2.24, 2.45) is 0 Å². The first-order valence-electron chi connectivity index (χ1n) is 4.49. The van der Waals surface area contributed by atoms with Gasteiger partial charge in [-0.3, -0.25) is 0 Å². The lowest BCUT2D eigenvalue weighted by molar-refractivity contribution is 0.120. The highest BCUT2D eigenvalue weighted by molar-refractivity contribution is 5.26. The monoisotopic (exact) mass is 161 g/mol. The summed E-state index contributed by atoms with van der Waals surface area (Å²) in [7, 11) is 0. The fourth-order valence-electron chi connectivity index (χ4n) is 1.31. The maximum Gasteiger partial charge on any atom is 0.120 e. The molecule has 1 fully saturated rings. The molecule has 1 aliphatic rings. The largest absolute Gasteiger partial charge is 0.490 e. The Kier molecular flexibility index (Phi) is 2.03. The standard InChI is InChI=1S/C11H13O/c1-9-4-2-7-11(8-9)12-10-5-3-6-10/h4,7-8,10H,3,5-6H2,1H3. The number of hydrogen-bond donors (Lipinski definition) is 0. The molecule has 63 valence electrons. The first-order chi connectivity index (χ1) is 5.84. The van der Waals surface area contributed by atoms with Gasteiger partial charge in [-0.15, -0.1) is 0 Å². The number of rotatable bonds is 2. The lowest BCUT2D eigenvalue weighted by Crippen LogP contribution is -2.24. The van der Waals surface area contributed by atoms with Crippen molar-refractivity contribution >= 4 is 0 Å². The van der Waals surface area contributed by atoms with E-state index >= 15 is 0 Å². The first-order valence-corrected chi connectivity index (χ1v) is 4.49. The van der Waals surface area contributed by atoms with Gasteiger partial charge < -0.3 is 4.74 Å². The summed E-state index contributed by atoms with van der Waals surface area (Å²) in [6.07, 6.45) is 4.22. The van der Waals surface area contributed by atoms with E-state index < -0.39 is 0 Å². The predicted molar refractivity (Wildman–Crippen MR) is 48.3 cm³/mol. The lowest BCUT2D eigenvalue weighted by Gasteiger charge is -2.26. The summed E-state index contributed by atoms with van der Waals surface area (Å²) in [6, 6.07) is 9.00. The van der Waals surface area contributed by atoms with Crippen molar-refractivity contribution < 1.29 is 4.74 Å². The van der Waals surface area contributed by atoms with Gasteiger partial charge in [-0.1, -0.05) is 6.07 Å².